The Morgan fingerprint density at radius 1 is 1.63 bits per heavy atom. The number of halogens is 1. The summed E-state index contributed by atoms with van der Waals surface area (Å²) in [5.41, 5.74) is 1.28. The first-order valence-electron chi connectivity index (χ1n) is 6.13. The van der Waals surface area contributed by atoms with E-state index in [0.29, 0.717) is 17.2 Å². The van der Waals surface area contributed by atoms with Crippen LogP contribution in [-0.2, 0) is 0 Å². The Bertz CT molecular complexity index is 511. The highest BCUT2D eigenvalue weighted by molar-refractivity contribution is 9.10. The average molecular weight is 345 g/mol. The van der Waals surface area contributed by atoms with Gasteiger partial charge < -0.3 is 15.4 Å². The minimum atomic E-state index is -0.0740. The van der Waals surface area contributed by atoms with E-state index in [0.717, 1.165) is 28.9 Å². The molecule has 0 saturated heterocycles. The molecule has 104 valence electrons. The van der Waals surface area contributed by atoms with Gasteiger partial charge in [-0.1, -0.05) is 11.6 Å². The lowest BCUT2D eigenvalue weighted by atomic mass is 10.1. The number of carbonyl (C=O) groups excluding carboxylic acids is 1. The van der Waals surface area contributed by atoms with Crippen LogP contribution in [0.1, 0.15) is 21.0 Å². The van der Waals surface area contributed by atoms with Crippen LogP contribution in [-0.4, -0.2) is 32.7 Å². The van der Waals surface area contributed by atoms with Crippen molar-refractivity contribution in [2.45, 2.75) is 13.3 Å². The van der Waals surface area contributed by atoms with E-state index in [2.05, 4.69) is 32.6 Å². The molecule has 0 saturated carbocycles. The van der Waals surface area contributed by atoms with Gasteiger partial charge in [0.15, 0.2) is 5.75 Å². The van der Waals surface area contributed by atoms with Gasteiger partial charge in [0, 0.05) is 18.0 Å². The monoisotopic (exact) mass is 344 g/mol. The van der Waals surface area contributed by atoms with Crippen molar-refractivity contribution < 1.29 is 9.53 Å². The fraction of sp³-hybridized carbons (Fsp3) is 0.462. The van der Waals surface area contributed by atoms with Gasteiger partial charge >= 0.3 is 0 Å². The second kappa shape index (κ2) is 6.54. The molecule has 1 amide bonds. The molecule has 0 unspecified atom stereocenters. The van der Waals surface area contributed by atoms with Crippen LogP contribution in [0.4, 0.5) is 0 Å². The number of rotatable bonds is 4. The number of thiophene rings is 1. The Morgan fingerprint density at radius 3 is 3.05 bits per heavy atom. The van der Waals surface area contributed by atoms with Crippen molar-refractivity contribution in [1.82, 2.24) is 10.6 Å². The smallest absolute Gasteiger partial charge is 0.265 e. The van der Waals surface area contributed by atoms with Crippen molar-refractivity contribution in [1.29, 1.82) is 0 Å². The van der Waals surface area contributed by atoms with E-state index < -0.39 is 0 Å². The largest absolute Gasteiger partial charge is 0.494 e. The predicted molar refractivity (Wildman–Crippen MR) is 81.2 cm³/mol. The molecule has 6 heteroatoms. The SMILES string of the molecule is COc1c(C(=O)NCC2=CCNCC2)sc(C)c1Br. The molecule has 1 aliphatic rings. The van der Waals surface area contributed by atoms with Crippen LogP contribution >= 0.6 is 27.3 Å². The van der Waals surface area contributed by atoms with Gasteiger partial charge in [-0.05, 0) is 35.8 Å². The molecular formula is C13H17BrN2O2S. The molecule has 0 bridgehead atoms. The molecular weight excluding hydrogens is 328 g/mol. The van der Waals surface area contributed by atoms with Gasteiger partial charge in [-0.2, -0.15) is 0 Å². The van der Waals surface area contributed by atoms with Gasteiger partial charge in [-0.15, -0.1) is 11.3 Å². The van der Waals surface area contributed by atoms with Gasteiger partial charge in [-0.3, -0.25) is 4.79 Å². The first-order valence-corrected chi connectivity index (χ1v) is 7.74. The molecule has 1 aromatic rings. The van der Waals surface area contributed by atoms with Crippen LogP contribution in [0.15, 0.2) is 16.1 Å². The zero-order chi connectivity index (χ0) is 13.8. The molecule has 0 radical (unpaired) electrons. The third kappa shape index (κ3) is 3.38. The molecule has 2 N–H and O–H groups in total. The summed E-state index contributed by atoms with van der Waals surface area (Å²) in [4.78, 5) is 13.9. The highest BCUT2D eigenvalue weighted by atomic mass is 79.9. The summed E-state index contributed by atoms with van der Waals surface area (Å²) in [5, 5.41) is 6.21. The maximum absolute atomic E-state index is 12.2. The minimum absolute atomic E-state index is 0.0740. The van der Waals surface area contributed by atoms with E-state index in [-0.39, 0.29) is 5.91 Å². The summed E-state index contributed by atoms with van der Waals surface area (Å²) in [5.74, 6) is 0.550. The Labute approximate surface area is 125 Å². The number of hydrogen-bond donors (Lipinski definition) is 2. The standard InChI is InChI=1S/C13H17BrN2O2S/c1-8-10(14)11(18-2)12(19-8)13(17)16-7-9-3-5-15-6-4-9/h3,15H,4-7H2,1-2H3,(H,16,17). The Hall–Kier alpha value is -0.850. The Balaban J connectivity index is 2.03. The number of carbonyl (C=O) groups is 1. The number of hydrogen-bond acceptors (Lipinski definition) is 4. The third-order valence-electron chi connectivity index (χ3n) is 3.01. The molecule has 2 rings (SSSR count). The van der Waals surface area contributed by atoms with Gasteiger partial charge in [0.2, 0.25) is 0 Å². The number of ether oxygens (including phenoxy) is 1. The molecule has 0 aromatic carbocycles. The van der Waals surface area contributed by atoms with Crippen LogP contribution in [0.2, 0.25) is 0 Å². The highest BCUT2D eigenvalue weighted by Crippen LogP contribution is 2.38. The first kappa shape index (κ1) is 14.6. The van der Waals surface area contributed by atoms with Gasteiger partial charge in [0.1, 0.15) is 4.88 Å². The van der Waals surface area contributed by atoms with E-state index in [1.165, 1.54) is 16.9 Å². The third-order valence-corrected chi connectivity index (χ3v) is 5.32. The Kier molecular flexibility index (Phi) is 5.01. The minimum Gasteiger partial charge on any atom is -0.494 e. The van der Waals surface area contributed by atoms with E-state index in [4.69, 9.17) is 4.74 Å². The molecule has 2 heterocycles. The van der Waals surface area contributed by atoms with E-state index >= 15 is 0 Å². The fourth-order valence-electron chi connectivity index (χ4n) is 1.94. The summed E-state index contributed by atoms with van der Waals surface area (Å²) in [7, 11) is 1.58. The van der Waals surface area contributed by atoms with Crippen molar-refractivity contribution >= 4 is 33.2 Å². The maximum Gasteiger partial charge on any atom is 0.265 e. The molecule has 0 aliphatic carbocycles. The van der Waals surface area contributed by atoms with Crippen molar-refractivity contribution in [2.75, 3.05) is 26.7 Å². The molecule has 0 fully saturated rings. The lowest BCUT2D eigenvalue weighted by molar-refractivity contribution is 0.0958. The van der Waals surface area contributed by atoms with Crippen molar-refractivity contribution in [2.24, 2.45) is 0 Å². The van der Waals surface area contributed by atoms with Crippen molar-refractivity contribution in [3.8, 4) is 5.75 Å². The molecule has 1 aromatic heterocycles. The van der Waals surface area contributed by atoms with E-state index in [1.54, 1.807) is 7.11 Å². The van der Waals surface area contributed by atoms with Crippen LogP contribution in [0.25, 0.3) is 0 Å². The summed E-state index contributed by atoms with van der Waals surface area (Å²) in [6, 6.07) is 0. The van der Waals surface area contributed by atoms with Crippen LogP contribution < -0.4 is 15.4 Å². The lowest BCUT2D eigenvalue weighted by Gasteiger charge is -2.14. The zero-order valence-corrected chi connectivity index (χ0v) is 13.4. The number of aryl methyl sites for hydroxylation is 1. The first-order chi connectivity index (χ1) is 9.13. The highest BCUT2D eigenvalue weighted by Gasteiger charge is 2.20. The van der Waals surface area contributed by atoms with Crippen molar-refractivity contribution in [3.05, 3.63) is 25.9 Å². The van der Waals surface area contributed by atoms with Crippen LogP contribution in [0, 0.1) is 6.92 Å². The number of nitrogens with one attached hydrogen (secondary N) is 2. The van der Waals surface area contributed by atoms with Crippen LogP contribution in [0.5, 0.6) is 5.75 Å². The van der Waals surface area contributed by atoms with E-state index in [9.17, 15) is 4.79 Å². The fourth-order valence-corrected chi connectivity index (χ4v) is 3.61. The summed E-state index contributed by atoms with van der Waals surface area (Å²) in [6.07, 6.45) is 3.13. The van der Waals surface area contributed by atoms with Gasteiger partial charge in [-0.25, -0.2) is 0 Å². The van der Waals surface area contributed by atoms with Crippen LogP contribution in [0.3, 0.4) is 0 Å². The second-order valence-electron chi connectivity index (χ2n) is 4.33. The number of methoxy groups -OCH3 is 1. The van der Waals surface area contributed by atoms with E-state index in [1.807, 2.05) is 6.92 Å². The molecule has 19 heavy (non-hydrogen) atoms. The summed E-state index contributed by atoms with van der Waals surface area (Å²) in [6.45, 7) is 4.44. The summed E-state index contributed by atoms with van der Waals surface area (Å²) < 4.78 is 6.15. The predicted octanol–water partition coefficient (Wildman–Crippen LogP) is 2.48. The van der Waals surface area contributed by atoms with Gasteiger partial charge in [0.25, 0.3) is 5.91 Å². The normalized spacial score (nSPS) is 15.0. The summed E-state index contributed by atoms with van der Waals surface area (Å²) >= 11 is 4.89. The van der Waals surface area contributed by atoms with Crippen molar-refractivity contribution in [3.63, 3.8) is 0 Å². The topological polar surface area (TPSA) is 50.4 Å². The molecule has 4 nitrogen and oxygen atoms in total. The zero-order valence-electron chi connectivity index (χ0n) is 11.0. The maximum atomic E-state index is 12.2. The molecule has 1 aliphatic heterocycles. The Morgan fingerprint density at radius 2 is 2.42 bits per heavy atom. The second-order valence-corrected chi connectivity index (χ2v) is 6.35. The quantitative estimate of drug-likeness (QED) is 0.825. The molecule has 0 spiro atoms. The van der Waals surface area contributed by atoms with Gasteiger partial charge in [0.05, 0.1) is 11.6 Å². The number of amides is 1. The average Bonchev–Trinajstić information content (AvgIpc) is 2.73. The molecule has 0 atom stereocenters. The lowest BCUT2D eigenvalue weighted by Crippen LogP contribution is -2.29.